The molecule has 0 aromatic heterocycles. The summed E-state index contributed by atoms with van der Waals surface area (Å²) in [6.07, 6.45) is 3.37. The smallest absolute Gasteiger partial charge is 0.410 e. The van der Waals surface area contributed by atoms with Crippen molar-refractivity contribution in [3.8, 4) is 5.75 Å². The van der Waals surface area contributed by atoms with Crippen LogP contribution in [0.3, 0.4) is 0 Å². The second kappa shape index (κ2) is 11.2. The van der Waals surface area contributed by atoms with Crippen LogP contribution >= 0.6 is 11.6 Å². The number of piperidine rings is 1. The van der Waals surface area contributed by atoms with Crippen LogP contribution in [0.15, 0.2) is 54.6 Å². The molecule has 0 radical (unpaired) electrons. The van der Waals surface area contributed by atoms with Gasteiger partial charge in [0.05, 0.1) is 0 Å². The molecule has 2 aromatic carbocycles. The number of carbonyl (C=O) groups excluding carboxylic acids is 2. The average molecular weight is 443 g/mol. The Morgan fingerprint density at radius 3 is 2.32 bits per heavy atom. The fraction of sp³-hybridized carbons (Fsp3) is 0.440. The van der Waals surface area contributed by atoms with Crippen molar-refractivity contribution in [2.75, 3.05) is 13.1 Å². The lowest BCUT2D eigenvalue weighted by Crippen LogP contribution is -2.43. The van der Waals surface area contributed by atoms with Crippen LogP contribution in [0.5, 0.6) is 5.75 Å². The quantitative estimate of drug-likeness (QED) is 0.590. The van der Waals surface area contributed by atoms with Gasteiger partial charge < -0.3 is 15.0 Å². The first-order valence-corrected chi connectivity index (χ1v) is 11.4. The highest BCUT2D eigenvalue weighted by Gasteiger charge is 2.27. The van der Waals surface area contributed by atoms with E-state index >= 15 is 0 Å². The van der Waals surface area contributed by atoms with Crippen LogP contribution < -0.4 is 10.1 Å². The van der Waals surface area contributed by atoms with E-state index in [2.05, 4.69) is 19.2 Å². The first kappa shape index (κ1) is 23.1. The van der Waals surface area contributed by atoms with Crippen LogP contribution in [0.1, 0.15) is 49.9 Å². The first-order chi connectivity index (χ1) is 14.9. The first-order valence-electron chi connectivity index (χ1n) is 11.0. The molecule has 1 N–H and O–H groups in total. The lowest BCUT2D eigenvalue weighted by molar-refractivity contribution is 0.0917. The van der Waals surface area contributed by atoms with Crippen molar-refractivity contribution in [1.82, 2.24) is 10.2 Å². The normalized spacial score (nSPS) is 15.5. The highest BCUT2D eigenvalue weighted by atomic mass is 35.5. The number of hydrogen-bond acceptors (Lipinski definition) is 3. The van der Waals surface area contributed by atoms with Gasteiger partial charge in [-0.05, 0) is 73.9 Å². The molecular formula is C25H31ClN2O3. The summed E-state index contributed by atoms with van der Waals surface area (Å²) in [6, 6.07) is 16.2. The molecule has 31 heavy (non-hydrogen) atoms. The highest BCUT2D eigenvalue weighted by molar-refractivity contribution is 6.30. The van der Waals surface area contributed by atoms with Gasteiger partial charge in [-0.2, -0.15) is 0 Å². The zero-order valence-corrected chi connectivity index (χ0v) is 19.0. The van der Waals surface area contributed by atoms with Gasteiger partial charge in [0.15, 0.2) is 0 Å². The Morgan fingerprint density at radius 2 is 1.71 bits per heavy atom. The van der Waals surface area contributed by atoms with Gasteiger partial charge in [0.1, 0.15) is 5.75 Å². The highest BCUT2D eigenvalue weighted by Crippen LogP contribution is 2.25. The molecule has 6 heteroatoms. The summed E-state index contributed by atoms with van der Waals surface area (Å²) in [5, 5.41) is 3.83. The fourth-order valence-corrected chi connectivity index (χ4v) is 4.19. The molecular weight excluding hydrogens is 412 g/mol. The number of likely N-dealkylation sites (tertiary alicyclic amines) is 1. The lowest BCUT2D eigenvalue weighted by atomic mass is 9.87. The Labute approximate surface area is 189 Å². The topological polar surface area (TPSA) is 58.6 Å². The zero-order chi connectivity index (χ0) is 22.2. The van der Waals surface area contributed by atoms with E-state index in [4.69, 9.17) is 16.3 Å². The maximum Gasteiger partial charge on any atom is 0.415 e. The van der Waals surface area contributed by atoms with Crippen molar-refractivity contribution >= 4 is 23.6 Å². The van der Waals surface area contributed by atoms with Crippen LogP contribution in [0.25, 0.3) is 0 Å². The third-order valence-corrected chi connectivity index (χ3v) is 5.89. The summed E-state index contributed by atoms with van der Waals surface area (Å²) < 4.78 is 5.45. The number of rotatable bonds is 7. The van der Waals surface area contributed by atoms with Crippen molar-refractivity contribution < 1.29 is 14.3 Å². The molecule has 1 fully saturated rings. The minimum Gasteiger partial charge on any atom is -0.410 e. The minimum atomic E-state index is -0.292. The molecule has 3 rings (SSSR count). The van der Waals surface area contributed by atoms with Gasteiger partial charge in [-0.15, -0.1) is 0 Å². The number of para-hydroxylation sites is 1. The van der Waals surface area contributed by atoms with Crippen LogP contribution in [-0.2, 0) is 0 Å². The van der Waals surface area contributed by atoms with E-state index in [0.717, 1.165) is 25.7 Å². The molecule has 1 saturated heterocycles. The number of benzene rings is 2. The monoisotopic (exact) mass is 442 g/mol. The number of carbonyl (C=O) groups is 2. The molecule has 1 aliphatic rings. The van der Waals surface area contributed by atoms with E-state index in [-0.39, 0.29) is 18.0 Å². The summed E-state index contributed by atoms with van der Waals surface area (Å²) in [4.78, 5) is 26.9. The summed E-state index contributed by atoms with van der Waals surface area (Å²) in [7, 11) is 0. The Balaban J connectivity index is 1.51. The van der Waals surface area contributed by atoms with Crippen molar-refractivity contribution in [1.29, 1.82) is 0 Å². The maximum atomic E-state index is 12.7. The third-order valence-electron chi connectivity index (χ3n) is 5.64. The second-order valence-electron chi connectivity index (χ2n) is 8.65. The van der Waals surface area contributed by atoms with E-state index < -0.39 is 0 Å². The lowest BCUT2D eigenvalue weighted by Gasteiger charge is -2.33. The number of nitrogens with one attached hydrogen (secondary N) is 1. The Morgan fingerprint density at radius 1 is 1.06 bits per heavy atom. The van der Waals surface area contributed by atoms with E-state index in [0.29, 0.717) is 41.3 Å². The SMILES string of the molecule is CC(C)CC(CC1CCN(C(=O)Oc2ccccc2)CC1)NC(=O)c1ccc(Cl)cc1. The summed E-state index contributed by atoms with van der Waals surface area (Å²) in [6.45, 7) is 5.69. The zero-order valence-electron chi connectivity index (χ0n) is 18.2. The molecule has 1 atom stereocenters. The van der Waals surface area contributed by atoms with Crippen molar-refractivity contribution in [3.63, 3.8) is 0 Å². The molecule has 166 valence electrons. The van der Waals surface area contributed by atoms with Gasteiger partial charge in [0.25, 0.3) is 5.91 Å². The van der Waals surface area contributed by atoms with Crippen molar-refractivity contribution in [2.24, 2.45) is 11.8 Å². The number of halogens is 1. The van der Waals surface area contributed by atoms with Gasteiger partial charge in [0.2, 0.25) is 0 Å². The summed E-state index contributed by atoms with van der Waals surface area (Å²) in [5.41, 5.74) is 0.622. The standard InChI is InChI=1S/C25H31ClN2O3/c1-18(2)16-22(27-24(29)20-8-10-21(26)11-9-20)17-19-12-14-28(15-13-19)25(30)31-23-6-4-3-5-7-23/h3-11,18-19,22H,12-17H2,1-2H3,(H,27,29). The fourth-order valence-electron chi connectivity index (χ4n) is 4.06. The van der Waals surface area contributed by atoms with E-state index in [1.54, 1.807) is 41.3 Å². The number of nitrogens with zero attached hydrogens (tertiary/aromatic N) is 1. The van der Waals surface area contributed by atoms with Crippen LogP contribution in [-0.4, -0.2) is 36.0 Å². The molecule has 2 amide bonds. The molecule has 1 heterocycles. The van der Waals surface area contributed by atoms with Gasteiger partial charge in [-0.1, -0.05) is 43.6 Å². The third kappa shape index (κ3) is 7.28. The predicted octanol–water partition coefficient (Wildman–Crippen LogP) is 5.79. The average Bonchev–Trinajstić information content (AvgIpc) is 2.75. The van der Waals surface area contributed by atoms with Gasteiger partial charge in [-0.3, -0.25) is 4.79 Å². The minimum absolute atomic E-state index is 0.0637. The van der Waals surface area contributed by atoms with Crippen molar-refractivity contribution in [2.45, 2.75) is 45.6 Å². The Hall–Kier alpha value is -2.53. The summed E-state index contributed by atoms with van der Waals surface area (Å²) >= 11 is 5.93. The van der Waals surface area contributed by atoms with Gasteiger partial charge in [0, 0.05) is 29.7 Å². The van der Waals surface area contributed by atoms with Crippen LogP contribution in [0.2, 0.25) is 5.02 Å². The molecule has 0 bridgehead atoms. The van der Waals surface area contributed by atoms with E-state index in [1.807, 2.05) is 18.2 Å². The molecule has 5 nitrogen and oxygen atoms in total. The van der Waals surface area contributed by atoms with E-state index in [1.165, 1.54) is 0 Å². The largest absolute Gasteiger partial charge is 0.415 e. The van der Waals surface area contributed by atoms with Crippen LogP contribution in [0.4, 0.5) is 4.79 Å². The van der Waals surface area contributed by atoms with Crippen molar-refractivity contribution in [3.05, 3.63) is 65.2 Å². The number of ether oxygens (including phenoxy) is 1. The Kier molecular flexibility index (Phi) is 8.35. The molecule has 0 spiro atoms. The number of amides is 2. The molecule has 2 aromatic rings. The van der Waals surface area contributed by atoms with Crippen LogP contribution in [0, 0.1) is 11.8 Å². The molecule has 0 saturated carbocycles. The number of hydrogen-bond donors (Lipinski definition) is 1. The van der Waals surface area contributed by atoms with Gasteiger partial charge in [-0.25, -0.2) is 4.79 Å². The Bertz CT molecular complexity index is 847. The molecule has 1 unspecified atom stereocenters. The van der Waals surface area contributed by atoms with E-state index in [9.17, 15) is 9.59 Å². The maximum absolute atomic E-state index is 12.7. The molecule has 1 aliphatic heterocycles. The second-order valence-corrected chi connectivity index (χ2v) is 9.09. The van der Waals surface area contributed by atoms with Gasteiger partial charge >= 0.3 is 6.09 Å². The predicted molar refractivity (Wildman–Crippen MR) is 124 cm³/mol. The molecule has 0 aliphatic carbocycles. The summed E-state index contributed by atoms with van der Waals surface area (Å²) in [5.74, 6) is 1.45.